The van der Waals surface area contributed by atoms with E-state index in [-0.39, 0.29) is 13.4 Å². The Hall–Kier alpha value is -3.33. The predicted molar refractivity (Wildman–Crippen MR) is 138 cm³/mol. The molecule has 4 N–H and O–H groups in total. The Bertz CT molecular complexity index is 1210. The molecule has 0 radical (unpaired) electrons. The molecule has 2 aromatic carbocycles. The normalized spacial score (nSPS) is 29.6. The summed E-state index contributed by atoms with van der Waals surface area (Å²) in [6, 6.07) is 8.74. The zero-order valence-corrected chi connectivity index (χ0v) is 22.8. The molecule has 41 heavy (non-hydrogen) atoms. The maximum absolute atomic E-state index is 13.3. The molecule has 0 unspecified atom stereocenters. The van der Waals surface area contributed by atoms with E-state index in [1.165, 1.54) is 21.3 Å². The molecular weight excluding hydrogens is 544 g/mol. The third kappa shape index (κ3) is 5.61. The standard InChI is InChI=1S/C28H34O13/c1-34-18-8-14(9-19(35-2)26(18)36-3)25(41-28-24(32)23(31)22(30)20(10-29)40-28)21-15(11-37-27(21)33)6-13-4-5-16-17(7-13)39-12-38-16/h4-5,7-9,15,20-25,28-32H,6,10-12H2,1-3H3/t15-,20+,21-,22+,23-,24-,25+,28-/m0/s1. The van der Waals surface area contributed by atoms with Gasteiger partial charge in [-0.15, -0.1) is 0 Å². The molecule has 2 fully saturated rings. The molecular formula is C28H34O13. The number of methoxy groups -OCH3 is 3. The van der Waals surface area contributed by atoms with Crippen LogP contribution in [0.15, 0.2) is 30.3 Å². The van der Waals surface area contributed by atoms with E-state index in [2.05, 4.69) is 0 Å². The van der Waals surface area contributed by atoms with Gasteiger partial charge in [0.2, 0.25) is 12.5 Å². The van der Waals surface area contributed by atoms with Gasteiger partial charge in [-0.2, -0.15) is 0 Å². The van der Waals surface area contributed by atoms with Crippen LogP contribution in [-0.4, -0.2) is 98.4 Å². The average molecular weight is 579 g/mol. The van der Waals surface area contributed by atoms with Crippen molar-refractivity contribution in [2.45, 2.75) is 43.2 Å². The smallest absolute Gasteiger partial charge is 0.312 e. The summed E-state index contributed by atoms with van der Waals surface area (Å²) < 4.78 is 44.8. The lowest BCUT2D eigenvalue weighted by atomic mass is 9.82. The summed E-state index contributed by atoms with van der Waals surface area (Å²) in [5.41, 5.74) is 1.29. The number of cyclic esters (lactones) is 1. The molecule has 0 saturated carbocycles. The maximum Gasteiger partial charge on any atom is 0.312 e. The van der Waals surface area contributed by atoms with Gasteiger partial charge in [0.15, 0.2) is 29.3 Å². The Morgan fingerprint density at radius 3 is 2.27 bits per heavy atom. The molecule has 13 heteroatoms. The quantitative estimate of drug-likeness (QED) is 0.285. The molecule has 13 nitrogen and oxygen atoms in total. The minimum atomic E-state index is -1.69. The number of fused-ring (bicyclic) bond motifs is 1. The lowest BCUT2D eigenvalue weighted by Gasteiger charge is -2.41. The first-order valence-electron chi connectivity index (χ1n) is 13.1. The predicted octanol–water partition coefficient (Wildman–Crippen LogP) is 0.331. The number of carbonyl (C=O) groups is 1. The van der Waals surface area contributed by atoms with Gasteiger partial charge < -0.3 is 58.3 Å². The summed E-state index contributed by atoms with van der Waals surface area (Å²) in [5, 5.41) is 41.1. The highest BCUT2D eigenvalue weighted by Gasteiger charge is 2.49. The second-order valence-electron chi connectivity index (χ2n) is 10.0. The molecule has 2 saturated heterocycles. The molecule has 0 aliphatic carbocycles. The maximum atomic E-state index is 13.3. The summed E-state index contributed by atoms with van der Waals surface area (Å²) >= 11 is 0. The van der Waals surface area contributed by atoms with Crippen molar-refractivity contribution in [1.29, 1.82) is 0 Å². The number of aliphatic hydroxyl groups excluding tert-OH is 4. The molecule has 2 aromatic rings. The molecule has 0 aromatic heterocycles. The first kappa shape index (κ1) is 29.2. The molecule has 0 bridgehead atoms. The van der Waals surface area contributed by atoms with E-state index in [1.807, 2.05) is 12.1 Å². The van der Waals surface area contributed by atoms with Gasteiger partial charge in [-0.1, -0.05) is 6.07 Å². The van der Waals surface area contributed by atoms with Crippen molar-refractivity contribution in [1.82, 2.24) is 0 Å². The van der Waals surface area contributed by atoms with Crippen LogP contribution >= 0.6 is 0 Å². The Kier molecular flexibility index (Phi) is 8.73. The van der Waals surface area contributed by atoms with Crippen molar-refractivity contribution >= 4 is 5.97 Å². The number of carbonyl (C=O) groups excluding carboxylic acids is 1. The van der Waals surface area contributed by atoms with Crippen LogP contribution in [0.1, 0.15) is 17.2 Å². The lowest BCUT2D eigenvalue weighted by molar-refractivity contribution is -0.316. The van der Waals surface area contributed by atoms with Crippen LogP contribution in [0.4, 0.5) is 0 Å². The summed E-state index contributed by atoms with van der Waals surface area (Å²) in [6.45, 7) is -0.419. The van der Waals surface area contributed by atoms with Gasteiger partial charge in [-0.3, -0.25) is 4.79 Å². The van der Waals surface area contributed by atoms with Gasteiger partial charge in [0.05, 0.1) is 46.6 Å². The number of aliphatic hydroxyl groups is 4. The number of rotatable bonds is 10. The van der Waals surface area contributed by atoms with Crippen LogP contribution in [0.5, 0.6) is 28.7 Å². The lowest BCUT2D eigenvalue weighted by Crippen LogP contribution is -2.59. The third-order valence-electron chi connectivity index (χ3n) is 7.63. The van der Waals surface area contributed by atoms with E-state index >= 15 is 0 Å². The summed E-state index contributed by atoms with van der Waals surface area (Å²) in [6.07, 6.45) is -8.38. The minimum absolute atomic E-state index is 0.0942. The number of ether oxygens (including phenoxy) is 8. The van der Waals surface area contributed by atoms with Crippen LogP contribution in [0.2, 0.25) is 0 Å². The first-order chi connectivity index (χ1) is 19.8. The van der Waals surface area contributed by atoms with Gasteiger partial charge in [0.25, 0.3) is 0 Å². The first-order valence-corrected chi connectivity index (χ1v) is 13.1. The second-order valence-corrected chi connectivity index (χ2v) is 10.0. The summed E-state index contributed by atoms with van der Waals surface area (Å²) in [5.74, 6) is 0.294. The number of benzene rings is 2. The zero-order valence-electron chi connectivity index (χ0n) is 22.8. The second kappa shape index (κ2) is 12.3. The molecule has 0 spiro atoms. The van der Waals surface area contributed by atoms with Crippen LogP contribution < -0.4 is 23.7 Å². The third-order valence-corrected chi connectivity index (χ3v) is 7.63. The van der Waals surface area contributed by atoms with Crippen LogP contribution in [0, 0.1) is 11.8 Å². The highest BCUT2D eigenvalue weighted by atomic mass is 16.7. The van der Waals surface area contributed by atoms with E-state index in [0.29, 0.717) is 40.7 Å². The molecule has 3 aliphatic rings. The monoisotopic (exact) mass is 578 g/mol. The highest BCUT2D eigenvalue weighted by Crippen LogP contribution is 2.46. The Balaban J connectivity index is 1.53. The SMILES string of the molecule is COc1cc([C@@H](O[C@@H]2O[C@H](CO)[C@@H](O)[C@H](O)[C@@H]2O)[C@H]2C(=O)OC[C@@H]2Cc2ccc3c(c2)OCO3)cc(OC)c1OC. The van der Waals surface area contributed by atoms with Crippen LogP contribution in [0.3, 0.4) is 0 Å². The average Bonchev–Trinajstić information content (AvgIpc) is 3.60. The van der Waals surface area contributed by atoms with Crippen molar-refractivity contribution in [2.75, 3.05) is 41.3 Å². The molecule has 0 amide bonds. The van der Waals surface area contributed by atoms with E-state index in [9.17, 15) is 25.2 Å². The number of hydrogen-bond acceptors (Lipinski definition) is 13. The fourth-order valence-corrected chi connectivity index (χ4v) is 5.47. The highest BCUT2D eigenvalue weighted by molar-refractivity contribution is 5.76. The molecule has 8 atom stereocenters. The van der Waals surface area contributed by atoms with Crippen molar-refractivity contribution in [3.8, 4) is 28.7 Å². The molecule has 5 rings (SSSR count). The number of esters is 1. The van der Waals surface area contributed by atoms with Gasteiger partial charge in [0.1, 0.15) is 24.4 Å². The molecule has 3 aliphatic heterocycles. The van der Waals surface area contributed by atoms with Crippen molar-refractivity contribution in [3.05, 3.63) is 41.5 Å². The fraction of sp³-hybridized carbons (Fsp3) is 0.536. The summed E-state index contributed by atoms with van der Waals surface area (Å²) in [7, 11) is 4.35. The van der Waals surface area contributed by atoms with Gasteiger partial charge in [0, 0.05) is 5.92 Å². The molecule has 224 valence electrons. The molecule has 3 heterocycles. The minimum Gasteiger partial charge on any atom is -0.493 e. The van der Waals surface area contributed by atoms with E-state index in [1.54, 1.807) is 18.2 Å². The van der Waals surface area contributed by atoms with Gasteiger partial charge >= 0.3 is 5.97 Å². The van der Waals surface area contributed by atoms with Crippen molar-refractivity contribution in [2.24, 2.45) is 11.8 Å². The number of hydrogen-bond donors (Lipinski definition) is 4. The van der Waals surface area contributed by atoms with Crippen molar-refractivity contribution < 1.29 is 63.1 Å². The van der Waals surface area contributed by atoms with E-state index in [0.717, 1.165) is 5.56 Å². The topological polar surface area (TPSA) is 172 Å². The summed E-state index contributed by atoms with van der Waals surface area (Å²) in [4.78, 5) is 13.3. The Labute approximate surface area is 236 Å². The van der Waals surface area contributed by atoms with Crippen LogP contribution in [0.25, 0.3) is 0 Å². The fourth-order valence-electron chi connectivity index (χ4n) is 5.47. The van der Waals surface area contributed by atoms with E-state index < -0.39 is 61.2 Å². The zero-order chi connectivity index (χ0) is 29.3. The largest absolute Gasteiger partial charge is 0.493 e. The van der Waals surface area contributed by atoms with Gasteiger partial charge in [-0.05, 0) is 41.8 Å². The van der Waals surface area contributed by atoms with Crippen molar-refractivity contribution in [3.63, 3.8) is 0 Å². The Morgan fingerprint density at radius 2 is 1.61 bits per heavy atom. The van der Waals surface area contributed by atoms with Gasteiger partial charge in [-0.25, -0.2) is 0 Å². The van der Waals surface area contributed by atoms with E-state index in [4.69, 9.17) is 37.9 Å². The Morgan fingerprint density at radius 1 is 0.902 bits per heavy atom. The van der Waals surface area contributed by atoms with Crippen LogP contribution in [-0.2, 0) is 25.4 Å².